The van der Waals surface area contributed by atoms with Crippen LogP contribution in [0.3, 0.4) is 0 Å². The Bertz CT molecular complexity index is 1040. The molecule has 7 nitrogen and oxygen atoms in total. The van der Waals surface area contributed by atoms with Gasteiger partial charge >= 0.3 is 0 Å². The van der Waals surface area contributed by atoms with Crippen LogP contribution in [0.2, 0.25) is 0 Å². The second-order valence-corrected chi connectivity index (χ2v) is 6.10. The summed E-state index contributed by atoms with van der Waals surface area (Å²) in [5.74, 6) is -0.313. The standard InChI is InChI=1S/C20H21N3O4/c1-22(14-7-5-4-6-8-14)19(24)17-18(27-12-26-3)15-11-13(21)9-10-16(15)23(2)20(17)25/h4-11H,12,21H2,1-3H3. The van der Waals surface area contributed by atoms with Crippen molar-refractivity contribution >= 4 is 28.2 Å². The Balaban J connectivity index is 2.25. The largest absolute Gasteiger partial charge is 0.466 e. The second kappa shape index (κ2) is 7.51. The fraction of sp³-hybridized carbons (Fsp3) is 0.200. The number of amides is 1. The van der Waals surface area contributed by atoms with Crippen LogP contribution in [-0.4, -0.2) is 31.4 Å². The first-order valence-electron chi connectivity index (χ1n) is 8.32. The molecule has 3 rings (SSSR count). The zero-order valence-electron chi connectivity index (χ0n) is 15.4. The van der Waals surface area contributed by atoms with Crippen molar-refractivity contribution in [2.75, 3.05) is 31.6 Å². The highest BCUT2D eigenvalue weighted by atomic mass is 16.7. The number of hydrogen-bond donors (Lipinski definition) is 1. The van der Waals surface area contributed by atoms with Gasteiger partial charge in [0, 0.05) is 38.0 Å². The van der Waals surface area contributed by atoms with Gasteiger partial charge in [0.05, 0.1) is 5.52 Å². The number of methoxy groups -OCH3 is 1. The van der Waals surface area contributed by atoms with Crippen molar-refractivity contribution in [3.8, 4) is 5.75 Å². The van der Waals surface area contributed by atoms with E-state index in [4.69, 9.17) is 15.2 Å². The van der Waals surface area contributed by atoms with Gasteiger partial charge in [-0.25, -0.2) is 0 Å². The average Bonchev–Trinajstić information content (AvgIpc) is 2.69. The summed E-state index contributed by atoms with van der Waals surface area (Å²) in [6.07, 6.45) is 0. The van der Waals surface area contributed by atoms with Gasteiger partial charge in [-0.2, -0.15) is 0 Å². The van der Waals surface area contributed by atoms with Crippen LogP contribution in [-0.2, 0) is 11.8 Å². The lowest BCUT2D eigenvalue weighted by Gasteiger charge is -2.21. The highest BCUT2D eigenvalue weighted by Gasteiger charge is 2.26. The molecule has 0 bridgehead atoms. The molecule has 0 saturated heterocycles. The lowest BCUT2D eigenvalue weighted by atomic mass is 10.1. The van der Waals surface area contributed by atoms with E-state index in [2.05, 4.69) is 0 Å². The molecule has 0 aliphatic carbocycles. The molecule has 0 atom stereocenters. The Kier molecular flexibility index (Phi) is 5.14. The highest BCUT2D eigenvalue weighted by molar-refractivity contribution is 6.10. The summed E-state index contributed by atoms with van der Waals surface area (Å²) in [5.41, 5.74) is 7.16. The molecule has 0 unspecified atom stereocenters. The fourth-order valence-electron chi connectivity index (χ4n) is 2.93. The number of nitrogens with zero attached hydrogens (tertiary/aromatic N) is 2. The highest BCUT2D eigenvalue weighted by Crippen LogP contribution is 2.30. The normalized spacial score (nSPS) is 10.8. The topological polar surface area (TPSA) is 86.8 Å². The van der Waals surface area contributed by atoms with Gasteiger partial charge in [0.1, 0.15) is 11.3 Å². The summed E-state index contributed by atoms with van der Waals surface area (Å²) < 4.78 is 12.1. The van der Waals surface area contributed by atoms with E-state index in [1.807, 2.05) is 18.2 Å². The monoisotopic (exact) mass is 367 g/mol. The molecule has 0 fully saturated rings. The predicted octanol–water partition coefficient (Wildman–Crippen LogP) is 2.38. The van der Waals surface area contributed by atoms with Gasteiger partial charge in [0.25, 0.3) is 11.5 Å². The number of nitrogens with two attached hydrogens (primary N) is 1. The van der Waals surface area contributed by atoms with Crippen molar-refractivity contribution < 1.29 is 14.3 Å². The van der Waals surface area contributed by atoms with Crippen molar-refractivity contribution in [3.63, 3.8) is 0 Å². The first-order chi connectivity index (χ1) is 13.0. The van der Waals surface area contributed by atoms with Gasteiger partial charge in [0.15, 0.2) is 6.79 Å². The molecule has 2 aromatic carbocycles. The van der Waals surface area contributed by atoms with Crippen LogP contribution in [0.5, 0.6) is 5.75 Å². The number of carbonyl (C=O) groups excluding carboxylic acids is 1. The van der Waals surface area contributed by atoms with Crippen LogP contribution in [0.25, 0.3) is 10.9 Å². The van der Waals surface area contributed by atoms with E-state index in [1.165, 1.54) is 16.6 Å². The van der Waals surface area contributed by atoms with E-state index in [9.17, 15) is 9.59 Å². The Morgan fingerprint density at radius 1 is 1.19 bits per heavy atom. The van der Waals surface area contributed by atoms with Gasteiger partial charge in [0.2, 0.25) is 0 Å². The number of nitrogen functional groups attached to an aromatic ring is 1. The van der Waals surface area contributed by atoms with E-state index >= 15 is 0 Å². The number of hydrogen-bond acceptors (Lipinski definition) is 5. The summed E-state index contributed by atoms with van der Waals surface area (Å²) in [4.78, 5) is 27.6. The summed E-state index contributed by atoms with van der Waals surface area (Å²) in [5, 5.41) is 0.568. The Hall–Kier alpha value is -3.32. The number of fused-ring (bicyclic) bond motifs is 1. The molecule has 3 aromatic rings. The molecule has 1 aromatic heterocycles. The van der Waals surface area contributed by atoms with Crippen molar-refractivity contribution in [2.24, 2.45) is 7.05 Å². The van der Waals surface area contributed by atoms with Crippen molar-refractivity contribution in [1.82, 2.24) is 4.57 Å². The number of para-hydroxylation sites is 1. The maximum Gasteiger partial charge on any atom is 0.267 e. The minimum Gasteiger partial charge on any atom is -0.466 e. The third kappa shape index (κ3) is 3.37. The summed E-state index contributed by atoms with van der Waals surface area (Å²) in [6, 6.07) is 14.2. The maximum atomic E-state index is 13.2. The van der Waals surface area contributed by atoms with Gasteiger partial charge < -0.3 is 24.7 Å². The zero-order valence-corrected chi connectivity index (χ0v) is 15.4. The quantitative estimate of drug-likeness (QED) is 0.553. The molecule has 1 amide bonds. The van der Waals surface area contributed by atoms with Gasteiger partial charge in [-0.1, -0.05) is 18.2 Å². The molecule has 140 valence electrons. The van der Waals surface area contributed by atoms with E-state index < -0.39 is 11.5 Å². The van der Waals surface area contributed by atoms with Gasteiger partial charge in [-0.15, -0.1) is 0 Å². The Morgan fingerprint density at radius 3 is 2.56 bits per heavy atom. The summed E-state index contributed by atoms with van der Waals surface area (Å²) >= 11 is 0. The molecule has 0 spiro atoms. The second-order valence-electron chi connectivity index (χ2n) is 6.10. The van der Waals surface area contributed by atoms with E-state index in [0.717, 1.165) is 0 Å². The van der Waals surface area contributed by atoms with Crippen molar-refractivity contribution in [3.05, 3.63) is 64.4 Å². The molecule has 1 heterocycles. The summed E-state index contributed by atoms with van der Waals surface area (Å²) in [6.45, 7) is -0.105. The maximum absolute atomic E-state index is 13.2. The molecular formula is C20H21N3O4. The third-order valence-electron chi connectivity index (χ3n) is 4.36. The van der Waals surface area contributed by atoms with Gasteiger partial charge in [-0.3, -0.25) is 9.59 Å². The number of ether oxygens (including phenoxy) is 2. The number of rotatable bonds is 5. The zero-order chi connectivity index (χ0) is 19.6. The van der Waals surface area contributed by atoms with Gasteiger partial charge in [-0.05, 0) is 30.3 Å². The number of anilines is 2. The van der Waals surface area contributed by atoms with Crippen LogP contribution >= 0.6 is 0 Å². The van der Waals surface area contributed by atoms with Crippen molar-refractivity contribution in [1.29, 1.82) is 0 Å². The van der Waals surface area contributed by atoms with Crippen LogP contribution in [0, 0.1) is 0 Å². The number of aromatic nitrogens is 1. The minimum atomic E-state index is -0.475. The van der Waals surface area contributed by atoms with E-state index in [0.29, 0.717) is 22.3 Å². The summed E-state index contributed by atoms with van der Waals surface area (Å²) in [7, 11) is 4.69. The average molecular weight is 367 g/mol. The van der Waals surface area contributed by atoms with Crippen LogP contribution in [0.4, 0.5) is 11.4 Å². The van der Waals surface area contributed by atoms with Crippen LogP contribution < -0.4 is 20.9 Å². The molecule has 0 aliphatic rings. The molecular weight excluding hydrogens is 346 g/mol. The van der Waals surface area contributed by atoms with Crippen LogP contribution in [0.15, 0.2) is 53.3 Å². The first kappa shape index (κ1) is 18.5. The lowest BCUT2D eigenvalue weighted by Crippen LogP contribution is -2.34. The Morgan fingerprint density at radius 2 is 1.89 bits per heavy atom. The first-order valence-corrected chi connectivity index (χ1v) is 8.32. The smallest absolute Gasteiger partial charge is 0.267 e. The van der Waals surface area contributed by atoms with E-state index in [-0.39, 0.29) is 18.1 Å². The number of pyridine rings is 1. The molecule has 0 aliphatic heterocycles. The minimum absolute atomic E-state index is 0.0704. The molecule has 2 N–H and O–H groups in total. The predicted molar refractivity (Wildman–Crippen MR) is 105 cm³/mol. The Labute approximate surface area is 156 Å². The number of carbonyl (C=O) groups is 1. The molecule has 27 heavy (non-hydrogen) atoms. The molecule has 7 heteroatoms. The van der Waals surface area contributed by atoms with Crippen molar-refractivity contribution in [2.45, 2.75) is 0 Å². The fourth-order valence-corrected chi connectivity index (χ4v) is 2.93. The van der Waals surface area contributed by atoms with E-state index in [1.54, 1.807) is 44.4 Å². The number of aryl methyl sites for hydroxylation is 1. The third-order valence-corrected chi connectivity index (χ3v) is 4.36. The lowest BCUT2D eigenvalue weighted by molar-refractivity contribution is 0.0511. The van der Waals surface area contributed by atoms with Crippen LogP contribution in [0.1, 0.15) is 10.4 Å². The number of benzene rings is 2. The molecule has 0 radical (unpaired) electrons. The SMILES string of the molecule is COCOc1c(C(=O)N(C)c2ccccc2)c(=O)n(C)c2ccc(N)cc12. The molecule has 0 saturated carbocycles.